The van der Waals surface area contributed by atoms with E-state index in [1.165, 1.54) is 0 Å². The van der Waals surface area contributed by atoms with E-state index in [1.54, 1.807) is 46.9 Å². The van der Waals surface area contributed by atoms with Crippen molar-refractivity contribution in [2.75, 3.05) is 33.8 Å². The molecule has 2 heterocycles. The molecule has 9 nitrogen and oxygen atoms in total. The minimum Gasteiger partial charge on any atom is -0.497 e. The molecule has 160 valence electrons. The quantitative estimate of drug-likeness (QED) is 0.425. The van der Waals surface area contributed by atoms with Gasteiger partial charge in [0.1, 0.15) is 35.0 Å². The molecule has 0 atom stereocenters. The van der Waals surface area contributed by atoms with Gasteiger partial charge in [0.25, 0.3) is 0 Å². The first kappa shape index (κ1) is 20.5. The largest absolute Gasteiger partial charge is 0.497 e. The van der Waals surface area contributed by atoms with Crippen LogP contribution in [0.25, 0.3) is 16.9 Å². The van der Waals surface area contributed by atoms with Crippen molar-refractivity contribution < 1.29 is 18.9 Å². The van der Waals surface area contributed by atoms with Crippen LogP contribution >= 0.6 is 11.6 Å². The molecule has 10 heteroatoms. The van der Waals surface area contributed by atoms with Gasteiger partial charge in [0, 0.05) is 17.8 Å². The van der Waals surface area contributed by atoms with E-state index in [0.717, 1.165) is 11.4 Å². The highest BCUT2D eigenvalue weighted by atomic mass is 35.5. The van der Waals surface area contributed by atoms with E-state index in [9.17, 15) is 0 Å². The van der Waals surface area contributed by atoms with E-state index in [0.29, 0.717) is 39.9 Å². The third-order valence-corrected chi connectivity index (χ3v) is 4.85. The van der Waals surface area contributed by atoms with Crippen molar-refractivity contribution in [1.82, 2.24) is 19.5 Å². The highest BCUT2D eigenvalue weighted by Gasteiger charge is 2.19. The lowest BCUT2D eigenvalue weighted by Crippen LogP contribution is -2.03. The maximum absolute atomic E-state index is 6.24. The summed E-state index contributed by atoms with van der Waals surface area (Å²) < 4.78 is 23.4. The van der Waals surface area contributed by atoms with Gasteiger partial charge in [0.15, 0.2) is 17.0 Å². The van der Waals surface area contributed by atoms with Crippen molar-refractivity contribution in [1.29, 1.82) is 0 Å². The number of nitrogens with zero attached hydrogens (tertiary/aromatic N) is 4. The average molecular weight is 442 g/mol. The van der Waals surface area contributed by atoms with Crippen LogP contribution in [0.5, 0.6) is 23.0 Å². The molecule has 0 unspecified atom stereocenters. The predicted molar refractivity (Wildman–Crippen MR) is 118 cm³/mol. The zero-order chi connectivity index (χ0) is 22.0. The maximum Gasteiger partial charge on any atom is 0.226 e. The number of anilines is 2. The summed E-state index contributed by atoms with van der Waals surface area (Å²) in [7, 11) is 6.30. The number of methoxy groups -OCH3 is 4. The summed E-state index contributed by atoms with van der Waals surface area (Å²) in [6.07, 6.45) is 1.66. The molecule has 0 aliphatic carbocycles. The Hall–Kier alpha value is -3.72. The number of aromatic nitrogens is 4. The van der Waals surface area contributed by atoms with Crippen LogP contribution in [0.4, 0.5) is 11.5 Å². The van der Waals surface area contributed by atoms with Crippen molar-refractivity contribution >= 4 is 34.3 Å². The van der Waals surface area contributed by atoms with Gasteiger partial charge in [0.05, 0.1) is 28.4 Å². The summed E-state index contributed by atoms with van der Waals surface area (Å²) in [6, 6.07) is 11.0. The van der Waals surface area contributed by atoms with Crippen molar-refractivity contribution in [3.8, 4) is 28.7 Å². The fourth-order valence-electron chi connectivity index (χ4n) is 3.14. The third kappa shape index (κ3) is 3.87. The number of hydrogen-bond donors (Lipinski definition) is 1. The summed E-state index contributed by atoms with van der Waals surface area (Å²) in [6.45, 7) is 0. The lowest BCUT2D eigenvalue weighted by molar-refractivity contribution is 0.378. The van der Waals surface area contributed by atoms with E-state index in [-0.39, 0.29) is 5.28 Å². The minimum absolute atomic E-state index is 0.0664. The zero-order valence-corrected chi connectivity index (χ0v) is 18.1. The topological polar surface area (TPSA) is 92.6 Å². The average Bonchev–Trinajstić information content (AvgIpc) is 3.22. The summed E-state index contributed by atoms with van der Waals surface area (Å²) in [5, 5.41) is 3.29. The molecule has 0 bridgehead atoms. The Bertz CT molecular complexity index is 1200. The third-order valence-electron chi connectivity index (χ3n) is 4.68. The van der Waals surface area contributed by atoms with Gasteiger partial charge < -0.3 is 24.3 Å². The van der Waals surface area contributed by atoms with Crippen LogP contribution in [0.15, 0.2) is 42.7 Å². The molecule has 0 aliphatic heterocycles. The first-order chi connectivity index (χ1) is 15.1. The van der Waals surface area contributed by atoms with Gasteiger partial charge in [-0.2, -0.15) is 9.97 Å². The Morgan fingerprint density at radius 2 is 1.48 bits per heavy atom. The highest BCUT2D eigenvalue weighted by molar-refractivity contribution is 6.28. The Labute approximate surface area is 183 Å². The molecule has 31 heavy (non-hydrogen) atoms. The maximum atomic E-state index is 6.24. The molecule has 2 aromatic heterocycles. The second-order valence-electron chi connectivity index (χ2n) is 6.36. The van der Waals surface area contributed by atoms with Crippen LogP contribution in [0.1, 0.15) is 0 Å². The summed E-state index contributed by atoms with van der Waals surface area (Å²) >= 11 is 6.24. The Morgan fingerprint density at radius 1 is 0.839 bits per heavy atom. The monoisotopic (exact) mass is 441 g/mol. The molecule has 4 aromatic rings. The number of ether oxygens (including phenoxy) is 4. The molecule has 0 spiro atoms. The Kier molecular flexibility index (Phi) is 5.68. The number of fused-ring (bicyclic) bond motifs is 1. The SMILES string of the molecule is COc1ccc(-n2cnc3c(Nc4c(OC)cc(OC)cc4OC)nc(Cl)nc32)cc1. The fraction of sp³-hybridized carbons (Fsp3) is 0.190. The minimum atomic E-state index is 0.0664. The van der Waals surface area contributed by atoms with Gasteiger partial charge in [0.2, 0.25) is 5.28 Å². The second-order valence-corrected chi connectivity index (χ2v) is 6.70. The molecular formula is C21H20ClN5O4. The van der Waals surface area contributed by atoms with Gasteiger partial charge in [-0.1, -0.05) is 0 Å². The molecule has 4 rings (SSSR count). The molecule has 1 N–H and O–H groups in total. The Morgan fingerprint density at radius 3 is 2.06 bits per heavy atom. The molecule has 0 aliphatic rings. The number of nitrogens with one attached hydrogen (secondary N) is 1. The van der Waals surface area contributed by atoms with Gasteiger partial charge in [-0.25, -0.2) is 4.98 Å². The number of halogens is 1. The zero-order valence-electron chi connectivity index (χ0n) is 17.3. The molecule has 2 aromatic carbocycles. The molecule has 0 saturated heterocycles. The van der Waals surface area contributed by atoms with Crippen LogP contribution < -0.4 is 24.3 Å². The lowest BCUT2D eigenvalue weighted by atomic mass is 10.2. The van der Waals surface area contributed by atoms with Crippen LogP contribution in [-0.2, 0) is 0 Å². The van der Waals surface area contributed by atoms with Crippen LogP contribution in [0, 0.1) is 0 Å². The molecule has 0 fully saturated rings. The van der Waals surface area contributed by atoms with Crippen LogP contribution in [0.2, 0.25) is 5.28 Å². The van der Waals surface area contributed by atoms with E-state index >= 15 is 0 Å². The van der Waals surface area contributed by atoms with Gasteiger partial charge in [-0.15, -0.1) is 0 Å². The number of benzene rings is 2. The van der Waals surface area contributed by atoms with Crippen molar-refractivity contribution in [2.24, 2.45) is 0 Å². The summed E-state index contributed by atoms with van der Waals surface area (Å²) in [5.41, 5.74) is 2.48. The lowest BCUT2D eigenvalue weighted by Gasteiger charge is -2.16. The van der Waals surface area contributed by atoms with E-state index in [2.05, 4.69) is 20.3 Å². The van der Waals surface area contributed by atoms with Crippen molar-refractivity contribution in [3.63, 3.8) is 0 Å². The summed E-state index contributed by atoms with van der Waals surface area (Å²) in [4.78, 5) is 13.2. The summed E-state index contributed by atoms with van der Waals surface area (Å²) in [5.74, 6) is 2.77. The molecule has 0 radical (unpaired) electrons. The molecule has 0 saturated carbocycles. The first-order valence-corrected chi connectivity index (χ1v) is 9.57. The van der Waals surface area contributed by atoms with E-state index in [4.69, 9.17) is 30.5 Å². The number of rotatable bonds is 7. The van der Waals surface area contributed by atoms with Crippen molar-refractivity contribution in [2.45, 2.75) is 0 Å². The van der Waals surface area contributed by atoms with Gasteiger partial charge >= 0.3 is 0 Å². The number of imidazole rings is 1. The van der Waals surface area contributed by atoms with Gasteiger partial charge in [-0.05, 0) is 35.9 Å². The molecule has 0 amide bonds. The molecular weight excluding hydrogens is 422 g/mol. The standard InChI is InChI=1S/C21H20ClN5O4/c1-28-13-7-5-12(6-8-13)27-11-23-18-19(25-21(22)26-20(18)27)24-17-15(30-3)9-14(29-2)10-16(17)31-4/h5-11H,1-4H3,(H,24,25,26). The van der Waals surface area contributed by atoms with Crippen LogP contribution in [0.3, 0.4) is 0 Å². The highest BCUT2D eigenvalue weighted by Crippen LogP contribution is 2.41. The first-order valence-electron chi connectivity index (χ1n) is 9.20. The fourth-order valence-corrected chi connectivity index (χ4v) is 3.30. The van der Waals surface area contributed by atoms with E-state index in [1.807, 2.05) is 28.8 Å². The second kappa shape index (κ2) is 8.57. The smallest absolute Gasteiger partial charge is 0.226 e. The predicted octanol–water partition coefficient (Wildman–Crippen LogP) is 4.25. The van der Waals surface area contributed by atoms with Crippen LogP contribution in [-0.4, -0.2) is 48.0 Å². The van der Waals surface area contributed by atoms with E-state index < -0.39 is 0 Å². The van der Waals surface area contributed by atoms with Crippen molar-refractivity contribution in [3.05, 3.63) is 48.0 Å². The Balaban J connectivity index is 1.82. The normalized spacial score (nSPS) is 10.7. The van der Waals surface area contributed by atoms with Gasteiger partial charge in [-0.3, -0.25) is 4.57 Å². The number of hydrogen-bond acceptors (Lipinski definition) is 8.